The van der Waals surface area contributed by atoms with Crippen LogP contribution in [0, 0.1) is 11.3 Å². The van der Waals surface area contributed by atoms with Crippen LogP contribution in [0.2, 0.25) is 0 Å². The summed E-state index contributed by atoms with van der Waals surface area (Å²) in [6.45, 7) is 6.86. The third kappa shape index (κ3) is 4.94. The number of likely N-dealkylation sites (tertiary alicyclic amines) is 1. The fraction of sp³-hybridized carbons (Fsp3) is 0.533. The molecule has 2 saturated heterocycles. The van der Waals surface area contributed by atoms with Crippen LogP contribution in [0.4, 0.5) is 5.82 Å². The van der Waals surface area contributed by atoms with Gasteiger partial charge in [0.05, 0.1) is 24.1 Å². The number of nitrogens with zero attached hydrogens (tertiary/aromatic N) is 6. The van der Waals surface area contributed by atoms with Crippen LogP contribution in [0.3, 0.4) is 0 Å². The Hall–Kier alpha value is -3.64. The van der Waals surface area contributed by atoms with E-state index in [9.17, 15) is 10.1 Å². The van der Waals surface area contributed by atoms with E-state index in [0.29, 0.717) is 44.2 Å². The highest BCUT2D eigenvalue weighted by Crippen LogP contribution is 2.44. The average Bonchev–Trinajstić information content (AvgIpc) is 3.52. The summed E-state index contributed by atoms with van der Waals surface area (Å²) in [4.78, 5) is 28.4. The van der Waals surface area contributed by atoms with Crippen molar-refractivity contribution in [3.8, 4) is 18.0 Å². The lowest BCUT2D eigenvalue weighted by Crippen LogP contribution is -2.55. The fourth-order valence-electron chi connectivity index (χ4n) is 6.68. The Balaban J connectivity index is 1.30. The molecule has 6 rings (SSSR count). The number of ether oxygens (including phenoxy) is 2. The van der Waals surface area contributed by atoms with Gasteiger partial charge in [0.1, 0.15) is 18.0 Å². The largest absolute Gasteiger partial charge is 0.470 e. The number of nitriles is 1. The molecule has 39 heavy (non-hydrogen) atoms. The van der Waals surface area contributed by atoms with Gasteiger partial charge in [0.15, 0.2) is 0 Å². The van der Waals surface area contributed by atoms with Crippen LogP contribution in [-0.2, 0) is 24.1 Å². The van der Waals surface area contributed by atoms with E-state index >= 15 is 0 Å². The topological polar surface area (TPSA) is 94.8 Å². The van der Waals surface area contributed by atoms with E-state index in [1.54, 1.807) is 4.90 Å². The summed E-state index contributed by atoms with van der Waals surface area (Å²) < 4.78 is 13.0. The number of anilines is 1. The van der Waals surface area contributed by atoms with Gasteiger partial charge < -0.3 is 24.2 Å². The molecule has 3 aliphatic heterocycles. The quantitative estimate of drug-likeness (QED) is 0.529. The Morgan fingerprint density at radius 3 is 2.72 bits per heavy atom. The van der Waals surface area contributed by atoms with Crippen molar-refractivity contribution >= 4 is 11.7 Å². The molecule has 204 valence electrons. The summed E-state index contributed by atoms with van der Waals surface area (Å²) in [5.41, 5.74) is 3.38. The molecule has 0 saturated carbocycles. The zero-order chi connectivity index (χ0) is 27.0. The Kier molecular flexibility index (Phi) is 6.90. The van der Waals surface area contributed by atoms with Crippen LogP contribution < -0.4 is 14.4 Å². The Morgan fingerprint density at radius 1 is 1.23 bits per heavy atom. The molecule has 4 aliphatic rings. The van der Waals surface area contributed by atoms with Crippen LogP contribution in [-0.4, -0.2) is 83.2 Å². The molecular weight excluding hydrogens is 492 g/mol. The first-order chi connectivity index (χ1) is 19.0. The number of benzene rings is 1. The Bertz CT molecular complexity index is 1280. The number of piperazine rings is 1. The molecule has 1 amide bonds. The molecule has 4 heterocycles. The molecule has 2 aromatic rings. The fourth-order valence-corrected chi connectivity index (χ4v) is 6.68. The van der Waals surface area contributed by atoms with Gasteiger partial charge in [-0.05, 0) is 56.5 Å². The van der Waals surface area contributed by atoms with Crippen LogP contribution >= 0.6 is 0 Å². The van der Waals surface area contributed by atoms with Crippen molar-refractivity contribution < 1.29 is 14.3 Å². The zero-order valence-corrected chi connectivity index (χ0v) is 22.6. The van der Waals surface area contributed by atoms with Crippen LogP contribution in [0.5, 0.6) is 11.9 Å². The van der Waals surface area contributed by atoms with E-state index in [1.165, 1.54) is 23.6 Å². The lowest BCUT2D eigenvalue weighted by molar-refractivity contribution is -0.128. The van der Waals surface area contributed by atoms with E-state index in [0.717, 1.165) is 50.0 Å². The summed E-state index contributed by atoms with van der Waals surface area (Å²) in [5.74, 6) is 1.26. The predicted molar refractivity (Wildman–Crippen MR) is 147 cm³/mol. The third-order valence-electron chi connectivity index (χ3n) is 8.86. The number of fused-ring (bicyclic) bond motifs is 2. The Labute approximate surface area is 230 Å². The molecule has 0 radical (unpaired) electrons. The molecule has 2 fully saturated rings. The first-order valence-corrected chi connectivity index (χ1v) is 14.0. The number of carbonyl (C=O) groups excluding carboxylic acids is 1. The normalized spacial score (nSPS) is 23.6. The molecular formula is C30H36N6O3. The van der Waals surface area contributed by atoms with E-state index in [-0.39, 0.29) is 24.0 Å². The standard InChI is InChI=1S/C30H36N6O3/c1-3-26(37)36-16-15-35(19-23(36)11-13-31)27-25-10-12-30(17-21-7-4-5-8-22(21)18-30)39-28(25)33-29(32-27)38-20-24-9-6-14-34(24)2/h3-5,7-8,23-24H,1,6,9-12,14-20H2,2H3/t23-,24-/m0/s1. The molecule has 9 heteroatoms. The second-order valence-corrected chi connectivity index (χ2v) is 11.3. The third-order valence-corrected chi connectivity index (χ3v) is 8.86. The number of amides is 1. The van der Waals surface area contributed by atoms with Crippen LogP contribution in [0.25, 0.3) is 0 Å². The van der Waals surface area contributed by atoms with Gasteiger partial charge in [-0.15, -0.1) is 0 Å². The van der Waals surface area contributed by atoms with Gasteiger partial charge in [-0.3, -0.25) is 4.79 Å². The number of rotatable bonds is 6. The number of likely N-dealkylation sites (N-methyl/N-ethyl adjacent to an activating group) is 1. The number of hydrogen-bond donors (Lipinski definition) is 0. The van der Waals surface area contributed by atoms with E-state index in [2.05, 4.69) is 53.8 Å². The molecule has 1 aliphatic carbocycles. The number of hydrogen-bond acceptors (Lipinski definition) is 8. The molecule has 0 unspecified atom stereocenters. The van der Waals surface area contributed by atoms with Gasteiger partial charge >= 0.3 is 6.01 Å². The van der Waals surface area contributed by atoms with Crippen molar-refractivity contribution in [2.24, 2.45) is 0 Å². The lowest BCUT2D eigenvalue weighted by atomic mass is 9.89. The molecule has 1 spiro atoms. The highest BCUT2D eigenvalue weighted by Gasteiger charge is 2.44. The monoisotopic (exact) mass is 528 g/mol. The maximum absolute atomic E-state index is 12.5. The second-order valence-electron chi connectivity index (χ2n) is 11.3. The van der Waals surface area contributed by atoms with Gasteiger partial charge in [-0.1, -0.05) is 30.8 Å². The molecule has 9 nitrogen and oxygen atoms in total. The molecule has 1 aromatic heterocycles. The van der Waals surface area contributed by atoms with Crippen molar-refractivity contribution in [3.63, 3.8) is 0 Å². The highest BCUT2D eigenvalue weighted by molar-refractivity contribution is 5.87. The Morgan fingerprint density at radius 2 is 2.03 bits per heavy atom. The highest BCUT2D eigenvalue weighted by atomic mass is 16.5. The zero-order valence-electron chi connectivity index (χ0n) is 22.6. The average molecular weight is 529 g/mol. The maximum Gasteiger partial charge on any atom is 0.321 e. The summed E-state index contributed by atoms with van der Waals surface area (Å²) in [7, 11) is 2.13. The van der Waals surface area contributed by atoms with Crippen molar-refractivity contribution in [3.05, 3.63) is 53.6 Å². The summed E-state index contributed by atoms with van der Waals surface area (Å²) in [5, 5.41) is 9.47. The lowest BCUT2D eigenvalue weighted by Gasteiger charge is -2.42. The van der Waals surface area contributed by atoms with Crippen molar-refractivity contribution in [2.75, 3.05) is 44.7 Å². The van der Waals surface area contributed by atoms with Gasteiger partial charge in [0.25, 0.3) is 0 Å². The summed E-state index contributed by atoms with van der Waals surface area (Å²) >= 11 is 0. The summed E-state index contributed by atoms with van der Waals surface area (Å²) in [6.07, 6.45) is 7.27. The maximum atomic E-state index is 12.5. The van der Waals surface area contributed by atoms with Gasteiger partial charge in [0.2, 0.25) is 11.8 Å². The second kappa shape index (κ2) is 10.5. The first-order valence-electron chi connectivity index (χ1n) is 14.0. The number of carbonyl (C=O) groups is 1. The molecule has 0 bridgehead atoms. The SMILES string of the molecule is C=CC(=O)N1CCN(c2nc(OC[C@@H]3CCCN3C)nc3c2CCC2(Cc4ccccc4C2)O3)C[C@@H]1CC#N. The van der Waals surface area contributed by atoms with Crippen LogP contribution in [0.1, 0.15) is 42.4 Å². The van der Waals surface area contributed by atoms with E-state index in [1.807, 2.05) is 0 Å². The molecule has 1 aromatic carbocycles. The molecule has 0 N–H and O–H groups in total. The minimum Gasteiger partial charge on any atom is -0.470 e. The summed E-state index contributed by atoms with van der Waals surface area (Å²) in [6, 6.07) is 11.3. The molecule has 2 atom stereocenters. The smallest absolute Gasteiger partial charge is 0.321 e. The minimum absolute atomic E-state index is 0.143. The van der Waals surface area contributed by atoms with E-state index < -0.39 is 0 Å². The predicted octanol–water partition coefficient (Wildman–Crippen LogP) is 2.93. The van der Waals surface area contributed by atoms with Crippen molar-refractivity contribution in [2.45, 2.75) is 62.6 Å². The van der Waals surface area contributed by atoms with Crippen molar-refractivity contribution in [1.29, 1.82) is 5.26 Å². The van der Waals surface area contributed by atoms with Gasteiger partial charge in [-0.25, -0.2) is 0 Å². The van der Waals surface area contributed by atoms with Gasteiger partial charge in [0, 0.05) is 38.5 Å². The first kappa shape index (κ1) is 25.6. The number of aromatic nitrogens is 2. The van der Waals surface area contributed by atoms with Crippen molar-refractivity contribution in [1.82, 2.24) is 19.8 Å². The van der Waals surface area contributed by atoms with Gasteiger partial charge in [-0.2, -0.15) is 15.2 Å². The van der Waals surface area contributed by atoms with E-state index in [4.69, 9.17) is 19.4 Å². The van der Waals surface area contributed by atoms with Crippen LogP contribution in [0.15, 0.2) is 36.9 Å². The minimum atomic E-state index is -0.302.